The highest BCUT2D eigenvalue weighted by Crippen LogP contribution is 2.34. The van der Waals surface area contributed by atoms with Gasteiger partial charge in [0.25, 0.3) is 0 Å². The molecule has 32 heavy (non-hydrogen) atoms. The molecule has 1 aromatic carbocycles. The monoisotopic (exact) mass is 457 g/mol. The predicted molar refractivity (Wildman–Crippen MR) is 129 cm³/mol. The molecule has 1 atom stereocenters. The molecule has 7 heteroatoms. The zero-order chi connectivity index (χ0) is 22.9. The standard InChI is InChI=1S/C25H35N3O3S/c1-4-13-26-25(30)27(14-10-19(2)3)17-24(29)28-15-11-23-21(12-16-32-23)22(28)18-31-20-8-6-5-7-9-20/h5-9,12,16,19,22H,4,10-11,13-15,17-18H2,1-3H3,(H,26,30). The van der Waals surface area contributed by atoms with Crippen molar-refractivity contribution in [1.29, 1.82) is 0 Å². The normalized spacial score (nSPS) is 15.4. The summed E-state index contributed by atoms with van der Waals surface area (Å²) in [5.74, 6) is 1.22. The maximum absolute atomic E-state index is 13.4. The number of urea groups is 1. The maximum Gasteiger partial charge on any atom is 0.317 e. The molecule has 174 valence electrons. The van der Waals surface area contributed by atoms with Gasteiger partial charge in [0.15, 0.2) is 0 Å². The van der Waals surface area contributed by atoms with Gasteiger partial charge < -0.3 is 19.9 Å². The molecule has 0 radical (unpaired) electrons. The molecule has 1 aromatic heterocycles. The summed E-state index contributed by atoms with van der Waals surface area (Å²) in [5, 5.41) is 5.01. The van der Waals surface area contributed by atoms with Gasteiger partial charge in [0.05, 0.1) is 6.04 Å². The van der Waals surface area contributed by atoms with Crippen LogP contribution in [0.3, 0.4) is 0 Å². The van der Waals surface area contributed by atoms with Crippen LogP contribution in [-0.2, 0) is 11.2 Å². The third-order valence-electron chi connectivity index (χ3n) is 5.68. The van der Waals surface area contributed by atoms with Gasteiger partial charge in [-0.05, 0) is 54.3 Å². The Labute approximate surface area is 195 Å². The molecule has 1 aliphatic heterocycles. The first-order valence-corrected chi connectivity index (χ1v) is 12.4. The predicted octanol–water partition coefficient (Wildman–Crippen LogP) is 4.72. The van der Waals surface area contributed by atoms with Crippen molar-refractivity contribution in [3.8, 4) is 5.75 Å². The van der Waals surface area contributed by atoms with Gasteiger partial charge in [-0.25, -0.2) is 4.79 Å². The van der Waals surface area contributed by atoms with E-state index >= 15 is 0 Å². The zero-order valence-electron chi connectivity index (χ0n) is 19.4. The number of nitrogens with one attached hydrogen (secondary N) is 1. The first-order chi connectivity index (χ1) is 15.5. The molecule has 0 saturated carbocycles. The van der Waals surface area contributed by atoms with Crippen LogP contribution in [0.4, 0.5) is 4.79 Å². The van der Waals surface area contributed by atoms with Crippen molar-refractivity contribution in [2.45, 2.75) is 46.1 Å². The molecule has 3 rings (SSSR count). The number of amides is 3. The van der Waals surface area contributed by atoms with Crippen LogP contribution in [0.1, 0.15) is 50.1 Å². The lowest BCUT2D eigenvalue weighted by Crippen LogP contribution is -2.50. The Morgan fingerprint density at radius 3 is 2.75 bits per heavy atom. The van der Waals surface area contributed by atoms with Gasteiger partial charge in [0.1, 0.15) is 18.9 Å². The number of para-hydroxylation sites is 1. The second-order valence-electron chi connectivity index (χ2n) is 8.61. The van der Waals surface area contributed by atoms with E-state index < -0.39 is 0 Å². The number of hydrogen-bond donors (Lipinski definition) is 1. The molecule has 0 bridgehead atoms. The highest BCUT2D eigenvalue weighted by Gasteiger charge is 2.33. The topological polar surface area (TPSA) is 61.9 Å². The van der Waals surface area contributed by atoms with Crippen molar-refractivity contribution in [3.63, 3.8) is 0 Å². The smallest absolute Gasteiger partial charge is 0.317 e. The first-order valence-electron chi connectivity index (χ1n) is 11.6. The summed E-state index contributed by atoms with van der Waals surface area (Å²) < 4.78 is 6.05. The fourth-order valence-corrected chi connectivity index (χ4v) is 4.76. The summed E-state index contributed by atoms with van der Waals surface area (Å²) >= 11 is 1.74. The third kappa shape index (κ3) is 6.48. The maximum atomic E-state index is 13.4. The SMILES string of the molecule is CCCNC(=O)N(CCC(C)C)CC(=O)N1CCc2sccc2C1COc1ccccc1. The van der Waals surface area contributed by atoms with E-state index in [0.29, 0.717) is 32.2 Å². The number of benzene rings is 1. The van der Waals surface area contributed by atoms with Gasteiger partial charge in [-0.1, -0.05) is 39.0 Å². The summed E-state index contributed by atoms with van der Waals surface area (Å²) in [6.45, 7) is 8.59. The number of nitrogens with zero attached hydrogens (tertiary/aromatic N) is 2. The first kappa shape index (κ1) is 24.1. The summed E-state index contributed by atoms with van der Waals surface area (Å²) in [5.41, 5.74) is 1.16. The second-order valence-corrected chi connectivity index (χ2v) is 9.61. The van der Waals surface area contributed by atoms with Gasteiger partial charge in [-0.3, -0.25) is 4.79 Å². The number of hydrogen-bond acceptors (Lipinski definition) is 4. The Hall–Kier alpha value is -2.54. The summed E-state index contributed by atoms with van der Waals surface area (Å²) in [4.78, 5) is 31.0. The van der Waals surface area contributed by atoms with Crippen LogP contribution in [0, 0.1) is 5.92 Å². The van der Waals surface area contributed by atoms with Crippen molar-refractivity contribution in [2.24, 2.45) is 5.92 Å². The Balaban J connectivity index is 1.72. The number of rotatable bonds is 10. The quantitative estimate of drug-likeness (QED) is 0.562. The molecular formula is C25H35N3O3S. The van der Waals surface area contributed by atoms with E-state index in [4.69, 9.17) is 4.74 Å². The molecule has 0 fully saturated rings. The molecule has 1 unspecified atom stereocenters. The van der Waals surface area contributed by atoms with E-state index in [0.717, 1.165) is 30.6 Å². The molecule has 0 aliphatic carbocycles. The summed E-state index contributed by atoms with van der Waals surface area (Å²) in [7, 11) is 0. The van der Waals surface area contributed by atoms with Crippen molar-refractivity contribution in [1.82, 2.24) is 15.1 Å². The molecule has 0 saturated heterocycles. The molecule has 1 aliphatic rings. The average Bonchev–Trinajstić information content (AvgIpc) is 3.28. The van der Waals surface area contributed by atoms with Crippen LogP contribution in [0.2, 0.25) is 0 Å². The Bertz CT molecular complexity index is 868. The lowest BCUT2D eigenvalue weighted by molar-refractivity contribution is -0.135. The van der Waals surface area contributed by atoms with Gasteiger partial charge in [0, 0.05) is 24.5 Å². The molecule has 0 spiro atoms. The highest BCUT2D eigenvalue weighted by molar-refractivity contribution is 7.10. The van der Waals surface area contributed by atoms with Gasteiger partial charge in [0.2, 0.25) is 5.91 Å². The van der Waals surface area contributed by atoms with Crippen LogP contribution in [0.25, 0.3) is 0 Å². The van der Waals surface area contributed by atoms with Gasteiger partial charge >= 0.3 is 6.03 Å². The van der Waals surface area contributed by atoms with E-state index in [1.807, 2.05) is 42.2 Å². The molecule has 6 nitrogen and oxygen atoms in total. The van der Waals surface area contributed by atoms with Crippen molar-refractivity contribution >= 4 is 23.3 Å². The minimum Gasteiger partial charge on any atom is -0.491 e. The lowest BCUT2D eigenvalue weighted by Gasteiger charge is -2.37. The average molecular weight is 458 g/mol. The van der Waals surface area contributed by atoms with E-state index in [-0.39, 0.29) is 24.5 Å². The largest absolute Gasteiger partial charge is 0.491 e. The van der Waals surface area contributed by atoms with Crippen LogP contribution in [0.15, 0.2) is 41.8 Å². The molecule has 2 heterocycles. The molecular weight excluding hydrogens is 422 g/mol. The summed E-state index contributed by atoms with van der Waals surface area (Å²) in [6.07, 6.45) is 2.57. The van der Waals surface area contributed by atoms with Crippen LogP contribution in [-0.4, -0.2) is 54.5 Å². The van der Waals surface area contributed by atoms with Crippen molar-refractivity contribution in [2.75, 3.05) is 32.8 Å². The fourth-order valence-electron chi connectivity index (χ4n) is 3.83. The van der Waals surface area contributed by atoms with Gasteiger partial charge in [-0.15, -0.1) is 11.3 Å². The number of carbonyl (C=O) groups excluding carboxylic acids is 2. The zero-order valence-corrected chi connectivity index (χ0v) is 20.2. The molecule has 3 amide bonds. The number of ether oxygens (including phenoxy) is 1. The van der Waals surface area contributed by atoms with E-state index in [9.17, 15) is 9.59 Å². The summed E-state index contributed by atoms with van der Waals surface area (Å²) in [6, 6.07) is 11.5. The number of fused-ring (bicyclic) bond motifs is 1. The van der Waals surface area contributed by atoms with Crippen LogP contribution < -0.4 is 10.1 Å². The minimum absolute atomic E-state index is 0.0288. The molecule has 2 aromatic rings. The fraction of sp³-hybridized carbons (Fsp3) is 0.520. The van der Waals surface area contributed by atoms with Crippen LogP contribution >= 0.6 is 11.3 Å². The third-order valence-corrected chi connectivity index (χ3v) is 6.68. The lowest BCUT2D eigenvalue weighted by atomic mass is 10.0. The molecule has 1 N–H and O–H groups in total. The van der Waals surface area contributed by atoms with Gasteiger partial charge in [-0.2, -0.15) is 0 Å². The van der Waals surface area contributed by atoms with Crippen molar-refractivity contribution in [3.05, 3.63) is 52.2 Å². The minimum atomic E-state index is -0.161. The Morgan fingerprint density at radius 2 is 2.03 bits per heavy atom. The Morgan fingerprint density at radius 1 is 1.25 bits per heavy atom. The van der Waals surface area contributed by atoms with Crippen molar-refractivity contribution < 1.29 is 14.3 Å². The van der Waals surface area contributed by atoms with E-state index in [1.165, 1.54) is 4.88 Å². The number of thiophene rings is 1. The second kappa shape index (κ2) is 11.9. The van der Waals surface area contributed by atoms with E-state index in [1.54, 1.807) is 16.2 Å². The Kier molecular flexibility index (Phi) is 8.97. The highest BCUT2D eigenvalue weighted by atomic mass is 32.1. The van der Waals surface area contributed by atoms with E-state index in [2.05, 4.69) is 30.6 Å². The number of carbonyl (C=O) groups is 2. The van der Waals surface area contributed by atoms with Crippen LogP contribution in [0.5, 0.6) is 5.75 Å².